The van der Waals surface area contributed by atoms with Crippen LogP contribution in [0.4, 0.5) is 10.5 Å². The number of nitrogens with one attached hydrogen (secondary N) is 1. The number of nitrogens with two attached hydrogens (primary N) is 1. The third-order valence-corrected chi connectivity index (χ3v) is 3.30. The molecule has 22 heavy (non-hydrogen) atoms. The second-order valence-corrected chi connectivity index (χ2v) is 4.89. The first kappa shape index (κ1) is 17.4. The van der Waals surface area contributed by atoms with E-state index >= 15 is 0 Å². The smallest absolute Gasteiger partial charge is 0.339 e. The molecule has 0 aliphatic heterocycles. The van der Waals surface area contributed by atoms with Crippen molar-refractivity contribution in [2.24, 2.45) is 5.73 Å². The normalized spacial score (nSPS) is 11.4. The van der Waals surface area contributed by atoms with E-state index in [1.54, 1.807) is 11.6 Å². The molecular weight excluding hydrogens is 314 g/mol. The molecule has 0 aliphatic rings. The number of ether oxygens (including phenoxy) is 1. The molecule has 0 aliphatic carbocycles. The molecule has 1 aromatic carbocycles. The number of esters is 1. The molecule has 0 saturated heterocycles. The topological polar surface area (TPSA) is 142 Å². The molecule has 3 amide bonds. The third-order valence-electron chi connectivity index (χ3n) is 2.51. The summed E-state index contributed by atoms with van der Waals surface area (Å²) >= 11 is 1.16. The number of thioether (sulfide) groups is 1. The van der Waals surface area contributed by atoms with Gasteiger partial charge in [0.2, 0.25) is 0 Å². The van der Waals surface area contributed by atoms with Crippen molar-refractivity contribution in [2.45, 2.75) is 17.9 Å². The number of hydrogen-bond donors (Lipinski definition) is 2. The largest absolute Gasteiger partial charge is 0.449 e. The Morgan fingerprint density at radius 3 is 2.55 bits per heavy atom. The number of carbonyl (C=O) groups excluding carboxylic acids is 3. The van der Waals surface area contributed by atoms with Gasteiger partial charge in [0.1, 0.15) is 0 Å². The molecule has 3 N–H and O–H groups in total. The van der Waals surface area contributed by atoms with Gasteiger partial charge in [-0.1, -0.05) is 0 Å². The molecule has 10 heteroatoms. The molecule has 9 nitrogen and oxygen atoms in total. The quantitative estimate of drug-likeness (QED) is 0.356. The maximum absolute atomic E-state index is 11.9. The number of carbonyl (C=O) groups is 3. The van der Waals surface area contributed by atoms with Crippen LogP contribution in [-0.4, -0.2) is 35.2 Å². The molecule has 0 saturated carbocycles. The summed E-state index contributed by atoms with van der Waals surface area (Å²) in [6, 6.07) is 2.74. The van der Waals surface area contributed by atoms with Gasteiger partial charge in [-0.05, 0) is 25.3 Å². The second-order valence-electron chi connectivity index (χ2n) is 4.04. The summed E-state index contributed by atoms with van der Waals surface area (Å²) in [6.07, 6.45) is 0.385. The fourth-order valence-corrected chi connectivity index (χ4v) is 2.01. The van der Waals surface area contributed by atoms with Crippen molar-refractivity contribution in [3.8, 4) is 0 Å². The first-order valence-electron chi connectivity index (χ1n) is 5.90. The van der Waals surface area contributed by atoms with E-state index < -0.39 is 28.9 Å². The highest BCUT2D eigenvalue weighted by atomic mass is 32.2. The summed E-state index contributed by atoms with van der Waals surface area (Å²) < 4.78 is 4.82. The Labute approximate surface area is 129 Å². The van der Waals surface area contributed by atoms with Gasteiger partial charge in [-0.3, -0.25) is 20.2 Å². The molecule has 1 atom stereocenters. The number of nitro groups is 1. The van der Waals surface area contributed by atoms with Gasteiger partial charge in [0, 0.05) is 6.07 Å². The summed E-state index contributed by atoms with van der Waals surface area (Å²) in [4.78, 5) is 44.5. The zero-order valence-electron chi connectivity index (χ0n) is 11.7. The standard InChI is InChI=1S/C12H13N3O6S/c1-6(10(16)14-12(13)18)21-11(17)7-3-4-9(22-2)8(5-7)15(19)20/h3-6H,1-2H3,(H3,13,14,16,18)/t6-/m1/s1. The van der Waals surface area contributed by atoms with Crippen molar-refractivity contribution in [1.29, 1.82) is 0 Å². The van der Waals surface area contributed by atoms with Crippen LogP contribution >= 0.6 is 11.8 Å². The van der Waals surface area contributed by atoms with Gasteiger partial charge >= 0.3 is 12.0 Å². The molecule has 0 fully saturated rings. The van der Waals surface area contributed by atoms with Crippen LogP contribution in [-0.2, 0) is 9.53 Å². The summed E-state index contributed by atoms with van der Waals surface area (Å²) in [7, 11) is 0. The van der Waals surface area contributed by atoms with Gasteiger partial charge in [-0.2, -0.15) is 0 Å². The highest BCUT2D eigenvalue weighted by molar-refractivity contribution is 7.98. The third kappa shape index (κ3) is 4.45. The van der Waals surface area contributed by atoms with Crippen molar-refractivity contribution >= 4 is 35.4 Å². The number of rotatable bonds is 5. The van der Waals surface area contributed by atoms with Gasteiger partial charge < -0.3 is 10.5 Å². The van der Waals surface area contributed by atoms with Crippen molar-refractivity contribution in [3.63, 3.8) is 0 Å². The fourth-order valence-electron chi connectivity index (χ4n) is 1.46. The van der Waals surface area contributed by atoms with Gasteiger partial charge in [-0.15, -0.1) is 11.8 Å². The van der Waals surface area contributed by atoms with Gasteiger partial charge in [0.15, 0.2) is 6.10 Å². The molecule has 118 valence electrons. The molecule has 0 spiro atoms. The number of amides is 3. The Hall–Kier alpha value is -2.62. The van der Waals surface area contributed by atoms with Gasteiger partial charge in [0.05, 0.1) is 15.4 Å². The minimum absolute atomic E-state index is 0.0803. The summed E-state index contributed by atoms with van der Waals surface area (Å²) in [5.74, 6) is -1.82. The van der Waals surface area contributed by atoms with Crippen LogP contribution in [0.1, 0.15) is 17.3 Å². The van der Waals surface area contributed by atoms with Crippen LogP contribution in [0, 0.1) is 10.1 Å². The zero-order valence-corrected chi connectivity index (χ0v) is 12.5. The average molecular weight is 327 g/mol. The molecule has 1 rings (SSSR count). The summed E-state index contributed by atoms with van der Waals surface area (Å²) in [6.45, 7) is 1.24. The Kier molecular flexibility index (Phi) is 5.87. The molecule has 0 heterocycles. The van der Waals surface area contributed by atoms with Crippen molar-refractivity contribution in [1.82, 2.24) is 5.32 Å². The molecule has 0 aromatic heterocycles. The number of primary amides is 1. The molecular formula is C12H13N3O6S. The first-order chi connectivity index (χ1) is 10.3. The molecule has 0 radical (unpaired) electrons. The monoisotopic (exact) mass is 327 g/mol. The predicted molar refractivity (Wildman–Crippen MR) is 77.5 cm³/mol. The maximum Gasteiger partial charge on any atom is 0.339 e. The highest BCUT2D eigenvalue weighted by Gasteiger charge is 2.22. The number of urea groups is 1. The molecule has 0 unspecified atom stereocenters. The second kappa shape index (κ2) is 7.41. The minimum Gasteiger partial charge on any atom is -0.449 e. The Morgan fingerprint density at radius 2 is 2.05 bits per heavy atom. The predicted octanol–water partition coefficient (Wildman–Crippen LogP) is 1.06. The van der Waals surface area contributed by atoms with E-state index in [9.17, 15) is 24.5 Å². The summed E-state index contributed by atoms with van der Waals surface area (Å²) in [5.41, 5.74) is 4.45. The number of benzene rings is 1. The lowest BCUT2D eigenvalue weighted by Crippen LogP contribution is -2.42. The van der Waals surface area contributed by atoms with E-state index in [2.05, 4.69) is 0 Å². The minimum atomic E-state index is -1.28. The highest BCUT2D eigenvalue weighted by Crippen LogP contribution is 2.28. The Bertz CT molecular complexity index is 633. The zero-order chi connectivity index (χ0) is 16.9. The Morgan fingerprint density at radius 1 is 1.41 bits per heavy atom. The lowest BCUT2D eigenvalue weighted by Gasteiger charge is -2.12. The maximum atomic E-state index is 11.9. The van der Waals surface area contributed by atoms with Crippen molar-refractivity contribution in [2.75, 3.05) is 6.26 Å². The van der Waals surface area contributed by atoms with Crippen LogP contribution in [0.15, 0.2) is 23.1 Å². The van der Waals surface area contributed by atoms with Gasteiger partial charge in [0.25, 0.3) is 11.6 Å². The van der Waals surface area contributed by atoms with Crippen LogP contribution in [0.3, 0.4) is 0 Å². The van der Waals surface area contributed by atoms with Crippen LogP contribution in [0.2, 0.25) is 0 Å². The van der Waals surface area contributed by atoms with E-state index in [-0.39, 0.29) is 11.3 Å². The van der Waals surface area contributed by atoms with Crippen LogP contribution < -0.4 is 11.1 Å². The van der Waals surface area contributed by atoms with Crippen molar-refractivity contribution < 1.29 is 24.0 Å². The fraction of sp³-hybridized carbons (Fsp3) is 0.250. The van der Waals surface area contributed by atoms with E-state index in [4.69, 9.17) is 10.5 Å². The first-order valence-corrected chi connectivity index (χ1v) is 7.12. The number of imide groups is 1. The SMILES string of the molecule is CSc1ccc(C(=O)O[C@H](C)C(=O)NC(N)=O)cc1[N+](=O)[O-]. The van der Waals surface area contributed by atoms with Crippen molar-refractivity contribution in [3.05, 3.63) is 33.9 Å². The Balaban J connectivity index is 2.90. The van der Waals surface area contributed by atoms with E-state index in [0.717, 1.165) is 17.8 Å². The van der Waals surface area contributed by atoms with E-state index in [1.165, 1.54) is 19.1 Å². The summed E-state index contributed by atoms with van der Waals surface area (Å²) in [5, 5.41) is 12.7. The molecule has 1 aromatic rings. The van der Waals surface area contributed by atoms with Crippen LogP contribution in [0.25, 0.3) is 0 Å². The number of hydrogen-bond acceptors (Lipinski definition) is 7. The van der Waals surface area contributed by atoms with Crippen LogP contribution in [0.5, 0.6) is 0 Å². The lowest BCUT2D eigenvalue weighted by molar-refractivity contribution is -0.387. The average Bonchev–Trinajstić information content (AvgIpc) is 2.45. The number of nitrogens with zero attached hydrogens (tertiary/aromatic N) is 1. The van der Waals surface area contributed by atoms with E-state index in [1.807, 2.05) is 0 Å². The lowest BCUT2D eigenvalue weighted by atomic mass is 10.2. The van der Waals surface area contributed by atoms with Gasteiger partial charge in [-0.25, -0.2) is 9.59 Å². The molecule has 0 bridgehead atoms. The van der Waals surface area contributed by atoms with E-state index in [0.29, 0.717) is 4.90 Å². The number of nitro benzene ring substituents is 1.